The molecule has 0 radical (unpaired) electrons. The predicted octanol–water partition coefficient (Wildman–Crippen LogP) is 2.31. The molecule has 0 fully saturated rings. The van der Waals surface area contributed by atoms with Crippen LogP contribution in [0.2, 0.25) is 0 Å². The lowest BCUT2D eigenvalue weighted by Crippen LogP contribution is -2.56. The number of nitrogens with one attached hydrogen (secondary N) is 2. The standard InChI is InChI=1S/C21H22N4O5/c1-13-9-17(14-5-3-7-16(10-14)25(29)30)19(20(28)23-12-18(26)27)21(2,24-13)15-6-4-8-22-11-15/h3-11,17,19,24H,12H2,1-2H3,(H,23,28)(H,26,27). The molecule has 0 saturated carbocycles. The van der Waals surface area contributed by atoms with E-state index in [9.17, 15) is 19.7 Å². The van der Waals surface area contributed by atoms with Crippen molar-refractivity contribution in [3.8, 4) is 0 Å². The Morgan fingerprint density at radius 2 is 2.10 bits per heavy atom. The number of carboxylic acids is 1. The van der Waals surface area contributed by atoms with Gasteiger partial charge >= 0.3 is 5.97 Å². The molecule has 3 N–H and O–H groups in total. The van der Waals surface area contributed by atoms with Crippen LogP contribution in [0, 0.1) is 16.0 Å². The van der Waals surface area contributed by atoms with Crippen molar-refractivity contribution in [2.75, 3.05) is 6.54 Å². The zero-order valence-corrected chi connectivity index (χ0v) is 16.5. The normalized spacial score (nSPS) is 23.1. The Balaban J connectivity index is 2.14. The van der Waals surface area contributed by atoms with Crippen LogP contribution in [-0.4, -0.2) is 33.4 Å². The van der Waals surface area contributed by atoms with Gasteiger partial charge in [-0.3, -0.25) is 24.7 Å². The van der Waals surface area contributed by atoms with Gasteiger partial charge in [0.2, 0.25) is 5.91 Å². The fraction of sp³-hybridized carbons (Fsp3) is 0.286. The number of hydrogen-bond donors (Lipinski definition) is 3. The van der Waals surface area contributed by atoms with Crippen LogP contribution in [0.5, 0.6) is 0 Å². The zero-order valence-electron chi connectivity index (χ0n) is 16.5. The summed E-state index contributed by atoms with van der Waals surface area (Å²) < 4.78 is 0. The van der Waals surface area contributed by atoms with Crippen LogP contribution in [-0.2, 0) is 15.1 Å². The molecule has 0 bridgehead atoms. The summed E-state index contributed by atoms with van der Waals surface area (Å²) in [5, 5.41) is 26.1. The first-order valence-corrected chi connectivity index (χ1v) is 9.33. The second kappa shape index (κ2) is 8.32. The van der Waals surface area contributed by atoms with Crippen molar-refractivity contribution in [1.29, 1.82) is 0 Å². The number of non-ortho nitro benzene ring substituents is 1. The molecule has 3 atom stereocenters. The average molecular weight is 410 g/mol. The van der Waals surface area contributed by atoms with Crippen molar-refractivity contribution in [3.63, 3.8) is 0 Å². The van der Waals surface area contributed by atoms with Crippen molar-refractivity contribution < 1.29 is 19.6 Å². The van der Waals surface area contributed by atoms with Crippen LogP contribution >= 0.6 is 0 Å². The molecular weight excluding hydrogens is 388 g/mol. The lowest BCUT2D eigenvalue weighted by atomic mass is 9.68. The second-order valence-corrected chi connectivity index (χ2v) is 7.39. The molecule has 1 aromatic heterocycles. The van der Waals surface area contributed by atoms with E-state index in [0.29, 0.717) is 5.56 Å². The van der Waals surface area contributed by atoms with Crippen molar-refractivity contribution in [2.24, 2.45) is 5.92 Å². The van der Waals surface area contributed by atoms with Gasteiger partial charge in [-0.1, -0.05) is 24.3 Å². The molecule has 156 valence electrons. The maximum atomic E-state index is 13.2. The van der Waals surface area contributed by atoms with E-state index >= 15 is 0 Å². The Hall–Kier alpha value is -3.75. The average Bonchev–Trinajstić information content (AvgIpc) is 2.72. The van der Waals surface area contributed by atoms with E-state index in [1.54, 1.807) is 30.6 Å². The SMILES string of the molecule is CC1=CC(c2cccc([N+](=O)[O-])c2)C(C(=O)NCC(=O)O)C(C)(c2cccnc2)N1. The van der Waals surface area contributed by atoms with Crippen LogP contribution in [0.15, 0.2) is 60.6 Å². The summed E-state index contributed by atoms with van der Waals surface area (Å²) in [6.45, 7) is 3.17. The summed E-state index contributed by atoms with van der Waals surface area (Å²) >= 11 is 0. The highest BCUT2D eigenvalue weighted by Crippen LogP contribution is 2.44. The van der Waals surface area contributed by atoms with Crippen molar-refractivity contribution in [3.05, 3.63) is 81.8 Å². The Bertz CT molecular complexity index is 1010. The van der Waals surface area contributed by atoms with E-state index in [0.717, 1.165) is 11.3 Å². The molecule has 9 nitrogen and oxygen atoms in total. The third-order valence-corrected chi connectivity index (χ3v) is 5.29. The number of nitro benzene ring substituents is 1. The molecule has 1 aromatic carbocycles. The van der Waals surface area contributed by atoms with Gasteiger partial charge in [0.25, 0.3) is 5.69 Å². The van der Waals surface area contributed by atoms with Gasteiger partial charge in [0.05, 0.1) is 16.4 Å². The van der Waals surface area contributed by atoms with E-state index in [1.807, 2.05) is 26.0 Å². The summed E-state index contributed by atoms with van der Waals surface area (Å²) in [5.41, 5.74) is 1.12. The number of carboxylic acid groups (broad SMARTS) is 1. The van der Waals surface area contributed by atoms with E-state index in [1.165, 1.54) is 12.1 Å². The molecule has 0 spiro atoms. The van der Waals surface area contributed by atoms with Gasteiger partial charge < -0.3 is 15.7 Å². The number of allylic oxidation sites excluding steroid dienone is 2. The highest BCUT2D eigenvalue weighted by Gasteiger charge is 2.48. The monoisotopic (exact) mass is 410 g/mol. The number of carbonyl (C=O) groups is 2. The number of nitro groups is 1. The van der Waals surface area contributed by atoms with Gasteiger partial charge in [0.15, 0.2) is 0 Å². The number of benzene rings is 1. The topological polar surface area (TPSA) is 134 Å². The molecule has 1 aliphatic rings. The lowest BCUT2D eigenvalue weighted by Gasteiger charge is -2.45. The largest absolute Gasteiger partial charge is 0.480 e. The van der Waals surface area contributed by atoms with E-state index in [-0.39, 0.29) is 5.69 Å². The number of hydrogen-bond acceptors (Lipinski definition) is 6. The highest BCUT2D eigenvalue weighted by molar-refractivity contribution is 5.85. The number of rotatable bonds is 6. The summed E-state index contributed by atoms with van der Waals surface area (Å²) in [7, 11) is 0. The van der Waals surface area contributed by atoms with E-state index in [2.05, 4.69) is 15.6 Å². The van der Waals surface area contributed by atoms with Crippen molar-refractivity contribution in [1.82, 2.24) is 15.6 Å². The third kappa shape index (κ3) is 4.14. The molecular formula is C21H22N4O5. The second-order valence-electron chi connectivity index (χ2n) is 7.39. The first kappa shape index (κ1) is 21.0. The molecule has 30 heavy (non-hydrogen) atoms. The molecule has 2 aromatic rings. The molecule has 0 aliphatic carbocycles. The lowest BCUT2D eigenvalue weighted by molar-refractivity contribution is -0.384. The highest BCUT2D eigenvalue weighted by atomic mass is 16.6. The van der Waals surface area contributed by atoms with Crippen LogP contribution in [0.1, 0.15) is 30.9 Å². The zero-order chi connectivity index (χ0) is 21.9. The molecule has 3 rings (SSSR count). The Kier molecular flexibility index (Phi) is 5.81. The predicted molar refractivity (Wildman–Crippen MR) is 108 cm³/mol. The summed E-state index contributed by atoms with van der Waals surface area (Å²) in [6, 6.07) is 9.73. The molecule has 0 saturated heterocycles. The smallest absolute Gasteiger partial charge is 0.322 e. The Morgan fingerprint density at radius 3 is 2.73 bits per heavy atom. The Labute approximate surface area is 173 Å². The Morgan fingerprint density at radius 1 is 1.33 bits per heavy atom. The minimum absolute atomic E-state index is 0.0788. The van der Waals surface area contributed by atoms with Gasteiger partial charge in [-0.2, -0.15) is 0 Å². The minimum atomic E-state index is -1.16. The quantitative estimate of drug-likeness (QED) is 0.491. The van der Waals surface area contributed by atoms with Crippen LogP contribution < -0.4 is 10.6 Å². The van der Waals surface area contributed by atoms with Crippen molar-refractivity contribution in [2.45, 2.75) is 25.3 Å². The fourth-order valence-electron chi connectivity index (χ4n) is 4.01. The first-order chi connectivity index (χ1) is 14.2. The number of amides is 1. The third-order valence-electron chi connectivity index (χ3n) is 5.29. The van der Waals surface area contributed by atoms with Crippen LogP contribution in [0.4, 0.5) is 5.69 Å². The summed E-state index contributed by atoms with van der Waals surface area (Å²) in [4.78, 5) is 39.2. The van der Waals surface area contributed by atoms with Crippen molar-refractivity contribution >= 4 is 17.6 Å². The number of pyridine rings is 1. The maximum Gasteiger partial charge on any atom is 0.322 e. The van der Waals surface area contributed by atoms with Gasteiger partial charge in [0, 0.05) is 36.1 Å². The van der Waals surface area contributed by atoms with Gasteiger partial charge in [-0.25, -0.2) is 0 Å². The molecule has 1 aliphatic heterocycles. The minimum Gasteiger partial charge on any atom is -0.480 e. The molecule has 1 amide bonds. The number of aliphatic carboxylic acids is 1. The van der Waals surface area contributed by atoms with E-state index in [4.69, 9.17) is 5.11 Å². The van der Waals surface area contributed by atoms with Gasteiger partial charge in [-0.05, 0) is 31.0 Å². The molecule has 9 heteroatoms. The maximum absolute atomic E-state index is 13.2. The van der Waals surface area contributed by atoms with E-state index < -0.39 is 40.7 Å². The van der Waals surface area contributed by atoms with Crippen LogP contribution in [0.25, 0.3) is 0 Å². The fourth-order valence-corrected chi connectivity index (χ4v) is 4.01. The van der Waals surface area contributed by atoms with Gasteiger partial charge in [-0.15, -0.1) is 0 Å². The first-order valence-electron chi connectivity index (χ1n) is 9.33. The summed E-state index contributed by atoms with van der Waals surface area (Å²) in [5.74, 6) is -2.94. The van der Waals surface area contributed by atoms with Crippen LogP contribution in [0.3, 0.4) is 0 Å². The number of carbonyl (C=O) groups excluding carboxylic acids is 1. The number of aromatic nitrogens is 1. The molecule has 3 unspecified atom stereocenters. The number of nitrogens with zero attached hydrogens (tertiary/aromatic N) is 2. The van der Waals surface area contributed by atoms with Gasteiger partial charge in [0.1, 0.15) is 6.54 Å². The molecule has 2 heterocycles. The summed E-state index contributed by atoms with van der Waals surface area (Å²) in [6.07, 6.45) is 5.10.